The van der Waals surface area contributed by atoms with Crippen LogP contribution < -0.4 is 10.6 Å². The van der Waals surface area contributed by atoms with Gasteiger partial charge in [0.05, 0.1) is 0 Å². The highest BCUT2D eigenvalue weighted by Crippen LogP contribution is 2.10. The second-order valence-electron chi connectivity index (χ2n) is 6.09. The van der Waals surface area contributed by atoms with Gasteiger partial charge in [0.1, 0.15) is 0 Å². The molecular formula is C19H33ClN4. The highest BCUT2D eigenvalue weighted by Gasteiger charge is 2.06. The van der Waals surface area contributed by atoms with Gasteiger partial charge in [-0.1, -0.05) is 37.6 Å². The summed E-state index contributed by atoms with van der Waals surface area (Å²) in [6, 6.07) is 8.41. The number of aliphatic imine (C=N–C) groups is 1. The Balaban J connectivity index is 2.26. The first-order chi connectivity index (χ1) is 11.6. The standard InChI is InChI=1S/C19H33ClN4/c1-5-24(6-2)14-8-9-16(3)23-19(21-4)22-13-12-17-10-7-11-18(20)15-17/h7,10-11,15-16H,5-6,8-9,12-14H2,1-4H3,(H2,21,22,23). The van der Waals surface area contributed by atoms with Crippen molar-refractivity contribution in [3.05, 3.63) is 34.9 Å². The SMILES string of the molecule is CCN(CC)CCCC(C)NC(=NC)NCCc1cccc(Cl)c1. The van der Waals surface area contributed by atoms with Gasteiger partial charge in [0.2, 0.25) is 0 Å². The average molecular weight is 353 g/mol. The number of nitrogens with zero attached hydrogens (tertiary/aromatic N) is 2. The first kappa shape index (κ1) is 20.8. The summed E-state index contributed by atoms with van der Waals surface area (Å²) < 4.78 is 0. The summed E-state index contributed by atoms with van der Waals surface area (Å²) in [5.74, 6) is 0.868. The first-order valence-electron chi connectivity index (χ1n) is 9.03. The largest absolute Gasteiger partial charge is 0.356 e. The van der Waals surface area contributed by atoms with E-state index in [4.69, 9.17) is 11.6 Å². The van der Waals surface area contributed by atoms with Crippen LogP contribution >= 0.6 is 11.6 Å². The lowest BCUT2D eigenvalue weighted by Crippen LogP contribution is -2.43. The average Bonchev–Trinajstić information content (AvgIpc) is 2.58. The Morgan fingerprint density at radius 2 is 2.04 bits per heavy atom. The molecule has 2 N–H and O–H groups in total. The molecule has 0 aliphatic carbocycles. The summed E-state index contributed by atoms with van der Waals surface area (Å²) in [6.45, 7) is 10.9. The van der Waals surface area contributed by atoms with Crippen molar-refractivity contribution in [2.45, 2.75) is 46.1 Å². The molecular weight excluding hydrogens is 320 g/mol. The van der Waals surface area contributed by atoms with Crippen molar-refractivity contribution < 1.29 is 0 Å². The minimum Gasteiger partial charge on any atom is -0.356 e. The minimum atomic E-state index is 0.415. The predicted molar refractivity (Wildman–Crippen MR) is 106 cm³/mol. The monoisotopic (exact) mass is 352 g/mol. The van der Waals surface area contributed by atoms with Crippen molar-refractivity contribution >= 4 is 17.6 Å². The van der Waals surface area contributed by atoms with Crippen LogP contribution in [-0.4, -0.2) is 50.1 Å². The maximum absolute atomic E-state index is 6.01. The number of hydrogen-bond acceptors (Lipinski definition) is 2. The zero-order valence-electron chi connectivity index (χ0n) is 15.6. The van der Waals surface area contributed by atoms with Crippen LogP contribution in [0.2, 0.25) is 5.02 Å². The molecule has 0 saturated carbocycles. The summed E-state index contributed by atoms with van der Waals surface area (Å²) in [7, 11) is 1.82. The lowest BCUT2D eigenvalue weighted by molar-refractivity contribution is 0.292. The minimum absolute atomic E-state index is 0.415. The fourth-order valence-corrected chi connectivity index (χ4v) is 2.89. The number of guanidine groups is 1. The summed E-state index contributed by atoms with van der Waals surface area (Å²) in [6.07, 6.45) is 3.28. The van der Waals surface area contributed by atoms with Crippen LogP contribution in [0.1, 0.15) is 39.2 Å². The molecule has 0 heterocycles. The fourth-order valence-electron chi connectivity index (χ4n) is 2.68. The molecule has 5 heteroatoms. The van der Waals surface area contributed by atoms with Crippen LogP contribution in [0.5, 0.6) is 0 Å². The number of hydrogen-bond donors (Lipinski definition) is 2. The number of benzene rings is 1. The van der Waals surface area contributed by atoms with Crippen molar-refractivity contribution in [3.63, 3.8) is 0 Å². The van der Waals surface area contributed by atoms with E-state index in [0.717, 1.165) is 43.5 Å². The lowest BCUT2D eigenvalue weighted by Gasteiger charge is -2.21. The predicted octanol–water partition coefficient (Wildman–Crippen LogP) is 3.56. The Kier molecular flexibility index (Phi) is 10.5. The maximum Gasteiger partial charge on any atom is 0.191 e. The van der Waals surface area contributed by atoms with E-state index in [0.29, 0.717) is 6.04 Å². The number of nitrogens with one attached hydrogen (secondary N) is 2. The van der Waals surface area contributed by atoms with Crippen molar-refractivity contribution in [2.75, 3.05) is 33.2 Å². The molecule has 0 radical (unpaired) electrons. The van der Waals surface area contributed by atoms with Gasteiger partial charge in [0, 0.05) is 24.7 Å². The summed E-state index contributed by atoms with van der Waals surface area (Å²) in [5.41, 5.74) is 1.23. The van der Waals surface area contributed by atoms with Gasteiger partial charge in [-0.2, -0.15) is 0 Å². The molecule has 0 fully saturated rings. The van der Waals surface area contributed by atoms with Crippen LogP contribution in [0.25, 0.3) is 0 Å². The van der Waals surface area contributed by atoms with E-state index in [-0.39, 0.29) is 0 Å². The maximum atomic E-state index is 6.01. The summed E-state index contributed by atoms with van der Waals surface area (Å²) >= 11 is 6.01. The molecule has 1 rings (SSSR count). The van der Waals surface area contributed by atoms with Gasteiger partial charge in [-0.3, -0.25) is 4.99 Å². The molecule has 1 aromatic rings. The van der Waals surface area contributed by atoms with E-state index in [2.05, 4.69) is 47.4 Å². The van der Waals surface area contributed by atoms with Crippen molar-refractivity contribution in [3.8, 4) is 0 Å². The molecule has 0 amide bonds. The number of halogens is 1. The topological polar surface area (TPSA) is 39.7 Å². The molecule has 0 aliphatic heterocycles. The van der Waals surface area contributed by atoms with E-state index in [1.54, 1.807) is 0 Å². The third-order valence-electron chi connectivity index (χ3n) is 4.21. The van der Waals surface area contributed by atoms with Crippen molar-refractivity contribution in [2.24, 2.45) is 4.99 Å². The molecule has 0 aromatic heterocycles. The number of rotatable bonds is 10. The molecule has 1 atom stereocenters. The van der Waals surface area contributed by atoms with Gasteiger partial charge in [-0.05, 0) is 63.5 Å². The molecule has 0 aliphatic rings. The van der Waals surface area contributed by atoms with Crippen LogP contribution in [0, 0.1) is 0 Å². The Morgan fingerprint density at radius 3 is 2.67 bits per heavy atom. The van der Waals surface area contributed by atoms with E-state index in [9.17, 15) is 0 Å². The molecule has 4 nitrogen and oxygen atoms in total. The Labute approximate surface area is 152 Å². The van der Waals surface area contributed by atoms with Crippen LogP contribution in [0.3, 0.4) is 0 Å². The normalized spacial score (nSPS) is 13.2. The Morgan fingerprint density at radius 1 is 1.29 bits per heavy atom. The summed E-state index contributed by atoms with van der Waals surface area (Å²) in [5, 5.41) is 7.63. The quantitative estimate of drug-likeness (QED) is 0.499. The highest BCUT2D eigenvalue weighted by atomic mass is 35.5. The Hall–Kier alpha value is -1.26. The van der Waals surface area contributed by atoms with Gasteiger partial charge in [-0.15, -0.1) is 0 Å². The smallest absolute Gasteiger partial charge is 0.191 e. The molecule has 0 bridgehead atoms. The zero-order valence-corrected chi connectivity index (χ0v) is 16.4. The van der Waals surface area contributed by atoms with Crippen molar-refractivity contribution in [1.82, 2.24) is 15.5 Å². The van der Waals surface area contributed by atoms with Crippen molar-refractivity contribution in [1.29, 1.82) is 0 Å². The highest BCUT2D eigenvalue weighted by molar-refractivity contribution is 6.30. The molecule has 136 valence electrons. The molecule has 0 saturated heterocycles. The van der Waals surface area contributed by atoms with Gasteiger partial charge in [-0.25, -0.2) is 0 Å². The zero-order chi connectivity index (χ0) is 17.8. The molecule has 24 heavy (non-hydrogen) atoms. The van der Waals surface area contributed by atoms with Crippen LogP contribution in [-0.2, 0) is 6.42 Å². The second-order valence-corrected chi connectivity index (χ2v) is 6.53. The van der Waals surface area contributed by atoms with Crippen LogP contribution in [0.15, 0.2) is 29.3 Å². The van der Waals surface area contributed by atoms with E-state index < -0.39 is 0 Å². The van der Waals surface area contributed by atoms with E-state index in [1.807, 2.05) is 25.2 Å². The van der Waals surface area contributed by atoms with Gasteiger partial charge < -0.3 is 15.5 Å². The fraction of sp³-hybridized carbons (Fsp3) is 0.632. The third-order valence-corrected chi connectivity index (χ3v) is 4.44. The molecule has 0 spiro atoms. The second kappa shape index (κ2) is 12.2. The lowest BCUT2D eigenvalue weighted by atomic mass is 10.1. The Bertz CT molecular complexity index is 486. The summed E-state index contributed by atoms with van der Waals surface area (Å²) in [4.78, 5) is 6.77. The van der Waals surface area contributed by atoms with Gasteiger partial charge >= 0.3 is 0 Å². The van der Waals surface area contributed by atoms with Gasteiger partial charge in [0.15, 0.2) is 5.96 Å². The van der Waals surface area contributed by atoms with E-state index >= 15 is 0 Å². The molecule has 1 aromatic carbocycles. The first-order valence-corrected chi connectivity index (χ1v) is 9.40. The van der Waals surface area contributed by atoms with E-state index in [1.165, 1.54) is 18.5 Å². The molecule has 1 unspecified atom stereocenters. The van der Waals surface area contributed by atoms with Gasteiger partial charge in [0.25, 0.3) is 0 Å². The third kappa shape index (κ3) is 8.55. The van der Waals surface area contributed by atoms with Crippen LogP contribution in [0.4, 0.5) is 0 Å².